The Bertz CT molecular complexity index is 408. The molecule has 1 heterocycles. The van der Waals surface area contributed by atoms with Crippen molar-refractivity contribution in [1.29, 1.82) is 0 Å². The van der Waals surface area contributed by atoms with Crippen LogP contribution in [0.15, 0.2) is 18.5 Å². The summed E-state index contributed by atoms with van der Waals surface area (Å²) in [7, 11) is 0. The van der Waals surface area contributed by atoms with E-state index in [-0.39, 0.29) is 11.9 Å². The van der Waals surface area contributed by atoms with Crippen molar-refractivity contribution >= 4 is 21.8 Å². The molecule has 4 heteroatoms. The van der Waals surface area contributed by atoms with E-state index in [1.54, 1.807) is 12.4 Å². The standard InChI is InChI=1S/C13H17BrN2O/c1-9-6-10(8-15-7-9)13(17)16-12-5-3-2-4-11(12)14/h6-8,11-12H,2-5H2,1H3,(H,16,17). The summed E-state index contributed by atoms with van der Waals surface area (Å²) >= 11 is 3.64. The van der Waals surface area contributed by atoms with Gasteiger partial charge in [-0.15, -0.1) is 0 Å². The van der Waals surface area contributed by atoms with Gasteiger partial charge in [-0.05, 0) is 31.4 Å². The molecule has 1 amide bonds. The van der Waals surface area contributed by atoms with Gasteiger partial charge in [0.15, 0.2) is 0 Å². The molecule has 1 saturated carbocycles. The molecule has 0 spiro atoms. The predicted molar refractivity (Wildman–Crippen MR) is 71.4 cm³/mol. The van der Waals surface area contributed by atoms with Crippen LogP contribution in [-0.2, 0) is 0 Å². The number of pyridine rings is 1. The molecule has 17 heavy (non-hydrogen) atoms. The van der Waals surface area contributed by atoms with Gasteiger partial charge in [0.2, 0.25) is 0 Å². The Morgan fingerprint density at radius 1 is 1.41 bits per heavy atom. The Morgan fingerprint density at radius 3 is 2.88 bits per heavy atom. The van der Waals surface area contributed by atoms with Gasteiger partial charge >= 0.3 is 0 Å². The van der Waals surface area contributed by atoms with Gasteiger partial charge in [0.25, 0.3) is 5.91 Å². The first kappa shape index (κ1) is 12.6. The van der Waals surface area contributed by atoms with E-state index in [1.807, 2.05) is 13.0 Å². The van der Waals surface area contributed by atoms with Crippen molar-refractivity contribution < 1.29 is 4.79 Å². The Kier molecular flexibility index (Phi) is 4.15. The third kappa shape index (κ3) is 3.28. The molecule has 0 aromatic carbocycles. The number of alkyl halides is 1. The van der Waals surface area contributed by atoms with Crippen molar-refractivity contribution in [3.63, 3.8) is 0 Å². The number of nitrogens with one attached hydrogen (secondary N) is 1. The van der Waals surface area contributed by atoms with E-state index in [1.165, 1.54) is 12.8 Å². The number of carbonyl (C=O) groups excluding carboxylic acids is 1. The van der Waals surface area contributed by atoms with E-state index in [9.17, 15) is 4.79 Å². The van der Waals surface area contributed by atoms with Crippen molar-refractivity contribution in [3.8, 4) is 0 Å². The zero-order chi connectivity index (χ0) is 12.3. The molecule has 1 aromatic rings. The second kappa shape index (κ2) is 5.63. The van der Waals surface area contributed by atoms with Gasteiger partial charge in [0.1, 0.15) is 0 Å². The molecule has 2 rings (SSSR count). The summed E-state index contributed by atoms with van der Waals surface area (Å²) < 4.78 is 0. The zero-order valence-corrected chi connectivity index (χ0v) is 11.5. The molecule has 1 N–H and O–H groups in total. The zero-order valence-electron chi connectivity index (χ0n) is 9.95. The average molecular weight is 297 g/mol. The molecule has 0 saturated heterocycles. The number of nitrogens with zero attached hydrogens (tertiary/aromatic N) is 1. The predicted octanol–water partition coefficient (Wildman–Crippen LogP) is 2.83. The summed E-state index contributed by atoms with van der Waals surface area (Å²) in [6.45, 7) is 1.94. The molecule has 0 radical (unpaired) electrons. The highest BCUT2D eigenvalue weighted by Crippen LogP contribution is 2.24. The Labute approximate surface area is 110 Å². The molecule has 0 bridgehead atoms. The molecule has 1 aliphatic rings. The smallest absolute Gasteiger partial charge is 0.253 e. The van der Waals surface area contributed by atoms with Crippen LogP contribution >= 0.6 is 15.9 Å². The molecule has 3 nitrogen and oxygen atoms in total. The third-order valence-electron chi connectivity index (χ3n) is 3.14. The lowest BCUT2D eigenvalue weighted by Crippen LogP contribution is -2.42. The topological polar surface area (TPSA) is 42.0 Å². The molecule has 1 aliphatic carbocycles. The van der Waals surface area contributed by atoms with E-state index in [0.29, 0.717) is 10.4 Å². The SMILES string of the molecule is Cc1cncc(C(=O)NC2CCCCC2Br)c1. The lowest BCUT2D eigenvalue weighted by molar-refractivity contribution is 0.0929. The number of aryl methyl sites for hydroxylation is 1. The van der Waals surface area contributed by atoms with Crippen LogP contribution in [0.4, 0.5) is 0 Å². The highest BCUT2D eigenvalue weighted by molar-refractivity contribution is 9.09. The van der Waals surface area contributed by atoms with Gasteiger partial charge in [-0.3, -0.25) is 9.78 Å². The van der Waals surface area contributed by atoms with Crippen LogP contribution in [0.5, 0.6) is 0 Å². The molecule has 92 valence electrons. The van der Waals surface area contributed by atoms with E-state index in [4.69, 9.17) is 0 Å². The maximum atomic E-state index is 12.0. The summed E-state index contributed by atoms with van der Waals surface area (Å²) in [5.41, 5.74) is 1.66. The second-order valence-corrected chi connectivity index (χ2v) is 5.81. The van der Waals surface area contributed by atoms with Crippen molar-refractivity contribution in [2.75, 3.05) is 0 Å². The minimum absolute atomic E-state index is 0.0162. The fourth-order valence-electron chi connectivity index (χ4n) is 2.18. The number of halogens is 1. The largest absolute Gasteiger partial charge is 0.348 e. The van der Waals surface area contributed by atoms with Gasteiger partial charge in [-0.2, -0.15) is 0 Å². The summed E-state index contributed by atoms with van der Waals surface area (Å²) in [5.74, 6) is -0.0162. The lowest BCUT2D eigenvalue weighted by Gasteiger charge is -2.28. The van der Waals surface area contributed by atoms with Crippen LogP contribution in [0.1, 0.15) is 41.6 Å². The van der Waals surface area contributed by atoms with Gasteiger partial charge in [0, 0.05) is 23.3 Å². The second-order valence-electron chi connectivity index (χ2n) is 4.63. The number of rotatable bonds is 2. The van der Waals surface area contributed by atoms with Crippen molar-refractivity contribution in [3.05, 3.63) is 29.6 Å². The molecule has 1 fully saturated rings. The minimum Gasteiger partial charge on any atom is -0.348 e. The maximum absolute atomic E-state index is 12.0. The summed E-state index contributed by atoms with van der Waals surface area (Å²) in [4.78, 5) is 16.5. The van der Waals surface area contributed by atoms with Crippen LogP contribution in [-0.4, -0.2) is 21.8 Å². The van der Waals surface area contributed by atoms with E-state index in [0.717, 1.165) is 18.4 Å². The number of carbonyl (C=O) groups is 1. The molecule has 1 aromatic heterocycles. The van der Waals surface area contributed by atoms with Crippen molar-refractivity contribution in [1.82, 2.24) is 10.3 Å². The Hall–Kier alpha value is -0.900. The van der Waals surface area contributed by atoms with Crippen LogP contribution in [0.25, 0.3) is 0 Å². The Morgan fingerprint density at radius 2 is 2.18 bits per heavy atom. The fourth-order valence-corrected chi connectivity index (χ4v) is 2.90. The minimum atomic E-state index is -0.0162. The van der Waals surface area contributed by atoms with Gasteiger partial charge in [0.05, 0.1) is 5.56 Å². The molecule has 2 atom stereocenters. The van der Waals surface area contributed by atoms with Crippen LogP contribution < -0.4 is 5.32 Å². The summed E-state index contributed by atoms with van der Waals surface area (Å²) in [6.07, 6.45) is 8.00. The first-order valence-electron chi connectivity index (χ1n) is 6.03. The van der Waals surface area contributed by atoms with Crippen LogP contribution in [0.2, 0.25) is 0 Å². The molecular formula is C13H17BrN2O. The van der Waals surface area contributed by atoms with E-state index < -0.39 is 0 Å². The highest BCUT2D eigenvalue weighted by atomic mass is 79.9. The van der Waals surface area contributed by atoms with Crippen LogP contribution in [0.3, 0.4) is 0 Å². The molecule has 0 aliphatic heterocycles. The van der Waals surface area contributed by atoms with Crippen molar-refractivity contribution in [2.24, 2.45) is 0 Å². The summed E-state index contributed by atoms with van der Waals surface area (Å²) in [6, 6.07) is 2.12. The van der Waals surface area contributed by atoms with Gasteiger partial charge in [-0.1, -0.05) is 28.8 Å². The monoisotopic (exact) mass is 296 g/mol. The normalized spacial score (nSPS) is 24.4. The highest BCUT2D eigenvalue weighted by Gasteiger charge is 2.24. The van der Waals surface area contributed by atoms with Gasteiger partial charge in [-0.25, -0.2) is 0 Å². The van der Waals surface area contributed by atoms with E-state index in [2.05, 4.69) is 26.2 Å². The third-order valence-corrected chi connectivity index (χ3v) is 4.23. The first-order chi connectivity index (χ1) is 8.16. The van der Waals surface area contributed by atoms with Crippen molar-refractivity contribution in [2.45, 2.75) is 43.5 Å². The number of hydrogen-bond acceptors (Lipinski definition) is 2. The Balaban J connectivity index is 2.01. The average Bonchev–Trinajstić information content (AvgIpc) is 2.32. The number of aromatic nitrogens is 1. The fraction of sp³-hybridized carbons (Fsp3) is 0.538. The van der Waals surface area contributed by atoms with Crippen LogP contribution in [0, 0.1) is 6.92 Å². The summed E-state index contributed by atoms with van der Waals surface area (Å²) in [5, 5.41) is 3.09. The van der Waals surface area contributed by atoms with Gasteiger partial charge < -0.3 is 5.32 Å². The quantitative estimate of drug-likeness (QED) is 0.853. The lowest BCUT2D eigenvalue weighted by atomic mass is 9.95. The number of hydrogen-bond donors (Lipinski definition) is 1. The van der Waals surface area contributed by atoms with E-state index >= 15 is 0 Å². The first-order valence-corrected chi connectivity index (χ1v) is 6.95. The molecular weight excluding hydrogens is 280 g/mol. The molecule has 2 unspecified atom stereocenters. The maximum Gasteiger partial charge on any atom is 0.253 e. The number of amides is 1.